The van der Waals surface area contributed by atoms with Crippen LogP contribution in [0.2, 0.25) is 0 Å². The van der Waals surface area contributed by atoms with Gasteiger partial charge in [-0.3, -0.25) is 9.59 Å². The van der Waals surface area contributed by atoms with Crippen molar-refractivity contribution in [3.05, 3.63) is 0 Å². The first-order valence-corrected chi connectivity index (χ1v) is 11.2. The molecule has 29 heavy (non-hydrogen) atoms. The molecule has 0 unspecified atom stereocenters. The van der Waals surface area contributed by atoms with Crippen molar-refractivity contribution in [1.29, 1.82) is 0 Å². The number of carbonyl (C=O) groups excluding carboxylic acids is 2. The molecular formula is C21H42N4O4. The lowest BCUT2D eigenvalue weighted by Crippen LogP contribution is -2.42. The maximum absolute atomic E-state index is 11.9. The minimum atomic E-state index is -0.578. The summed E-state index contributed by atoms with van der Waals surface area (Å²) in [6.45, 7) is 3.53. The molecule has 0 spiro atoms. The molecule has 0 aromatic heterocycles. The Morgan fingerprint density at radius 2 is 1.31 bits per heavy atom. The Morgan fingerprint density at radius 3 is 1.90 bits per heavy atom. The summed E-state index contributed by atoms with van der Waals surface area (Å²) in [4.78, 5) is 23.6. The molecule has 0 aliphatic heterocycles. The van der Waals surface area contributed by atoms with Gasteiger partial charge in [-0.2, -0.15) is 0 Å². The third-order valence-corrected chi connectivity index (χ3v) is 5.13. The molecule has 2 amide bonds. The monoisotopic (exact) mass is 414 g/mol. The van der Waals surface area contributed by atoms with Crippen LogP contribution in [0.25, 0.3) is 0 Å². The van der Waals surface area contributed by atoms with Crippen LogP contribution >= 0.6 is 0 Å². The van der Waals surface area contributed by atoms with Gasteiger partial charge in [-0.15, -0.1) is 0 Å². The molecule has 170 valence electrons. The van der Waals surface area contributed by atoms with E-state index >= 15 is 0 Å². The van der Waals surface area contributed by atoms with Crippen LogP contribution < -0.4 is 21.3 Å². The Kier molecular flexibility index (Phi) is 14.7. The van der Waals surface area contributed by atoms with E-state index < -0.39 is 5.79 Å². The van der Waals surface area contributed by atoms with Gasteiger partial charge in [0.25, 0.3) is 0 Å². The lowest BCUT2D eigenvalue weighted by Gasteiger charge is -2.37. The highest BCUT2D eigenvalue weighted by molar-refractivity contribution is 5.76. The van der Waals surface area contributed by atoms with Gasteiger partial charge in [0.15, 0.2) is 5.79 Å². The Labute approximate surface area is 176 Å². The summed E-state index contributed by atoms with van der Waals surface area (Å²) in [5, 5.41) is 11.9. The van der Waals surface area contributed by atoms with Crippen LogP contribution in [0.15, 0.2) is 0 Å². The van der Waals surface area contributed by atoms with E-state index in [9.17, 15) is 9.59 Å². The van der Waals surface area contributed by atoms with E-state index in [1.807, 2.05) is 14.1 Å². The molecule has 1 aliphatic carbocycles. The molecule has 0 bridgehead atoms. The van der Waals surface area contributed by atoms with Gasteiger partial charge in [0.2, 0.25) is 11.8 Å². The minimum Gasteiger partial charge on any atom is -0.354 e. The summed E-state index contributed by atoms with van der Waals surface area (Å²) in [7, 11) is 3.77. The van der Waals surface area contributed by atoms with E-state index in [-0.39, 0.29) is 11.8 Å². The lowest BCUT2D eigenvalue weighted by molar-refractivity contribution is -0.250. The summed E-state index contributed by atoms with van der Waals surface area (Å²) in [5.74, 6) is -0.470. The number of amides is 2. The second kappa shape index (κ2) is 16.6. The van der Waals surface area contributed by atoms with Gasteiger partial charge in [-0.1, -0.05) is 12.8 Å². The summed E-state index contributed by atoms with van der Waals surface area (Å²) < 4.78 is 12.1. The predicted molar refractivity (Wildman–Crippen MR) is 115 cm³/mol. The summed E-state index contributed by atoms with van der Waals surface area (Å²) in [6, 6.07) is 0. The summed E-state index contributed by atoms with van der Waals surface area (Å²) >= 11 is 0. The van der Waals surface area contributed by atoms with Gasteiger partial charge in [0.1, 0.15) is 0 Å². The van der Waals surface area contributed by atoms with Crippen molar-refractivity contribution in [3.8, 4) is 0 Å². The highest BCUT2D eigenvalue weighted by Gasteiger charge is 2.33. The zero-order valence-corrected chi connectivity index (χ0v) is 18.4. The molecule has 8 nitrogen and oxygen atoms in total. The molecule has 0 atom stereocenters. The van der Waals surface area contributed by atoms with Gasteiger partial charge in [0, 0.05) is 45.3 Å². The quantitative estimate of drug-likeness (QED) is 0.211. The maximum atomic E-state index is 11.9. The normalized spacial score (nSPS) is 15.8. The van der Waals surface area contributed by atoms with E-state index in [2.05, 4.69) is 21.3 Å². The number of ether oxygens (including phenoxy) is 2. The molecule has 0 saturated heterocycles. The Bertz CT molecular complexity index is 442. The van der Waals surface area contributed by atoms with Crippen LogP contribution in [0, 0.1) is 0 Å². The van der Waals surface area contributed by atoms with E-state index in [0.717, 1.165) is 51.5 Å². The fourth-order valence-electron chi connectivity index (χ4n) is 3.46. The molecule has 1 rings (SSSR count). The number of unbranched alkanes of at least 4 members (excludes halogenated alkanes) is 2. The number of nitrogens with one attached hydrogen (secondary N) is 4. The topological polar surface area (TPSA) is 101 Å². The van der Waals surface area contributed by atoms with Crippen molar-refractivity contribution >= 4 is 11.8 Å². The Hall–Kier alpha value is -1.22. The highest BCUT2D eigenvalue weighted by Crippen LogP contribution is 2.32. The van der Waals surface area contributed by atoms with Crippen LogP contribution in [0.5, 0.6) is 0 Å². The van der Waals surface area contributed by atoms with Gasteiger partial charge < -0.3 is 30.7 Å². The van der Waals surface area contributed by atoms with Crippen molar-refractivity contribution in [1.82, 2.24) is 21.3 Å². The van der Waals surface area contributed by atoms with Crippen LogP contribution in [0.4, 0.5) is 0 Å². The van der Waals surface area contributed by atoms with E-state index in [1.54, 1.807) is 0 Å². The first-order valence-electron chi connectivity index (χ1n) is 11.2. The van der Waals surface area contributed by atoms with Crippen molar-refractivity contribution in [3.63, 3.8) is 0 Å². The largest absolute Gasteiger partial charge is 0.354 e. The van der Waals surface area contributed by atoms with Gasteiger partial charge >= 0.3 is 0 Å². The fraction of sp³-hybridized carbons (Fsp3) is 0.905. The molecule has 1 saturated carbocycles. The summed E-state index contributed by atoms with van der Waals surface area (Å²) in [6.07, 6.45) is 9.18. The molecule has 4 N–H and O–H groups in total. The van der Waals surface area contributed by atoms with E-state index in [4.69, 9.17) is 9.47 Å². The van der Waals surface area contributed by atoms with Crippen molar-refractivity contribution < 1.29 is 19.1 Å². The standard InChI is InChI=1S/C21H42N4O4/c1-22-13-8-3-5-9-19(26)24-15-17-28-21(11-6-4-7-12-21)29-18-16-25-20(27)10-14-23-2/h22-23H,3-18H2,1-2H3,(H,24,26)(H,25,27). The molecule has 0 radical (unpaired) electrons. The number of hydrogen-bond donors (Lipinski definition) is 4. The van der Waals surface area contributed by atoms with Crippen LogP contribution in [0.3, 0.4) is 0 Å². The molecule has 1 fully saturated rings. The first kappa shape index (κ1) is 25.8. The van der Waals surface area contributed by atoms with Crippen molar-refractivity contribution in [2.75, 3.05) is 53.5 Å². The molecular weight excluding hydrogens is 372 g/mol. The van der Waals surface area contributed by atoms with E-state index in [0.29, 0.717) is 45.7 Å². The number of carbonyl (C=O) groups is 2. The first-order chi connectivity index (χ1) is 14.1. The minimum absolute atomic E-state index is 0.0234. The van der Waals surface area contributed by atoms with Gasteiger partial charge in [-0.05, 0) is 46.3 Å². The average molecular weight is 415 g/mol. The molecule has 0 aromatic carbocycles. The fourth-order valence-corrected chi connectivity index (χ4v) is 3.46. The number of hydrogen-bond acceptors (Lipinski definition) is 6. The third kappa shape index (κ3) is 12.8. The van der Waals surface area contributed by atoms with Crippen molar-refractivity contribution in [2.45, 2.75) is 70.0 Å². The van der Waals surface area contributed by atoms with Crippen LogP contribution in [-0.4, -0.2) is 71.1 Å². The van der Waals surface area contributed by atoms with E-state index in [1.165, 1.54) is 6.42 Å². The van der Waals surface area contributed by atoms with Crippen LogP contribution in [0.1, 0.15) is 64.2 Å². The summed E-state index contributed by atoms with van der Waals surface area (Å²) in [5.41, 5.74) is 0. The van der Waals surface area contributed by atoms with Gasteiger partial charge in [-0.25, -0.2) is 0 Å². The Morgan fingerprint density at radius 1 is 0.724 bits per heavy atom. The highest BCUT2D eigenvalue weighted by atomic mass is 16.7. The molecule has 8 heteroatoms. The molecule has 0 aromatic rings. The van der Waals surface area contributed by atoms with Gasteiger partial charge in [0.05, 0.1) is 13.2 Å². The molecule has 0 heterocycles. The zero-order valence-electron chi connectivity index (χ0n) is 18.4. The Balaban J connectivity index is 2.20. The third-order valence-electron chi connectivity index (χ3n) is 5.13. The van der Waals surface area contributed by atoms with Crippen LogP contribution in [-0.2, 0) is 19.1 Å². The lowest BCUT2D eigenvalue weighted by atomic mass is 9.94. The zero-order chi connectivity index (χ0) is 21.2. The SMILES string of the molecule is CNCCCCCC(=O)NCCOC1(OCCNC(=O)CCNC)CCCCC1. The number of rotatable bonds is 17. The average Bonchev–Trinajstić information content (AvgIpc) is 2.73. The maximum Gasteiger partial charge on any atom is 0.221 e. The second-order valence-electron chi connectivity index (χ2n) is 7.64. The smallest absolute Gasteiger partial charge is 0.221 e. The second-order valence-corrected chi connectivity index (χ2v) is 7.64. The molecule has 1 aliphatic rings. The van der Waals surface area contributed by atoms with Crippen molar-refractivity contribution in [2.24, 2.45) is 0 Å². The predicted octanol–water partition coefficient (Wildman–Crippen LogP) is 1.30.